The molecule has 0 saturated carbocycles. The van der Waals surface area contributed by atoms with Gasteiger partial charge in [-0.15, -0.1) is 11.3 Å². The first-order chi connectivity index (χ1) is 13.2. The summed E-state index contributed by atoms with van der Waals surface area (Å²) in [6, 6.07) is 15.8. The van der Waals surface area contributed by atoms with Crippen LogP contribution >= 0.6 is 22.9 Å². The fourth-order valence-electron chi connectivity index (χ4n) is 3.35. The van der Waals surface area contributed by atoms with E-state index in [4.69, 9.17) is 16.3 Å². The minimum Gasteiger partial charge on any atom is -0.494 e. The number of thiophene rings is 1. The van der Waals surface area contributed by atoms with Crippen molar-refractivity contribution in [2.24, 2.45) is 0 Å². The highest BCUT2D eigenvalue weighted by atomic mass is 35.5. The molecule has 27 heavy (non-hydrogen) atoms. The molecule has 0 spiro atoms. The fraction of sp³-hybridized carbons (Fsp3) is 0.227. The highest BCUT2D eigenvalue weighted by Gasteiger charge is 2.30. The molecule has 1 N–H and O–H groups in total. The van der Waals surface area contributed by atoms with Gasteiger partial charge in [-0.3, -0.25) is 4.79 Å². The van der Waals surface area contributed by atoms with Crippen molar-refractivity contribution < 1.29 is 9.53 Å². The van der Waals surface area contributed by atoms with Gasteiger partial charge in [0, 0.05) is 33.2 Å². The molecule has 0 bridgehead atoms. The Hall–Kier alpha value is -2.30. The molecule has 1 amide bonds. The van der Waals surface area contributed by atoms with Crippen LogP contribution in [-0.4, -0.2) is 12.5 Å². The maximum Gasteiger partial charge on any atom is 0.225 e. The highest BCUT2D eigenvalue weighted by molar-refractivity contribution is 7.11. The van der Waals surface area contributed by atoms with Crippen molar-refractivity contribution in [1.29, 1.82) is 0 Å². The lowest BCUT2D eigenvalue weighted by atomic mass is 9.89. The van der Waals surface area contributed by atoms with E-state index in [1.165, 1.54) is 4.88 Å². The highest BCUT2D eigenvalue weighted by Crippen LogP contribution is 2.46. The summed E-state index contributed by atoms with van der Waals surface area (Å²) < 4.78 is 5.67. The Morgan fingerprint density at radius 1 is 1.15 bits per heavy atom. The summed E-state index contributed by atoms with van der Waals surface area (Å²) in [5.41, 5.74) is 4.17. The summed E-state index contributed by atoms with van der Waals surface area (Å²) in [4.78, 5) is 13.6. The predicted molar refractivity (Wildman–Crippen MR) is 112 cm³/mol. The molecule has 1 aromatic heterocycles. The normalized spacial score (nSPS) is 15.9. The quantitative estimate of drug-likeness (QED) is 0.546. The molecule has 1 aliphatic heterocycles. The van der Waals surface area contributed by atoms with Crippen molar-refractivity contribution >= 4 is 34.5 Å². The van der Waals surface area contributed by atoms with Crippen LogP contribution in [0.1, 0.15) is 36.1 Å². The van der Waals surface area contributed by atoms with Crippen molar-refractivity contribution in [1.82, 2.24) is 0 Å². The van der Waals surface area contributed by atoms with E-state index in [1.807, 2.05) is 36.4 Å². The number of nitrogens with one attached hydrogen (secondary N) is 1. The first kappa shape index (κ1) is 18.1. The Bertz CT molecular complexity index is 947. The monoisotopic (exact) mass is 397 g/mol. The largest absolute Gasteiger partial charge is 0.494 e. The van der Waals surface area contributed by atoms with Crippen molar-refractivity contribution in [3.8, 4) is 16.9 Å². The second-order valence-electron chi connectivity index (χ2n) is 6.62. The molecule has 5 heteroatoms. The molecule has 0 unspecified atom stereocenters. The third kappa shape index (κ3) is 3.73. The first-order valence-corrected chi connectivity index (χ1v) is 10.3. The van der Waals surface area contributed by atoms with Crippen LogP contribution in [0.25, 0.3) is 11.1 Å². The number of fused-ring (bicyclic) bond motifs is 1. The SMILES string of the molecule is CCCOc1ccc([C@@H]2CC(=O)Nc3c(-c4ccc(Cl)cc4)csc32)cc1. The van der Waals surface area contributed by atoms with Gasteiger partial charge in [0.1, 0.15) is 5.75 Å². The molecular weight excluding hydrogens is 378 g/mol. The number of hydrogen-bond donors (Lipinski definition) is 1. The van der Waals surface area contributed by atoms with Crippen LogP contribution in [0.4, 0.5) is 5.69 Å². The molecule has 0 fully saturated rings. The Labute approximate surface area is 167 Å². The van der Waals surface area contributed by atoms with E-state index in [2.05, 4.69) is 29.8 Å². The summed E-state index contributed by atoms with van der Waals surface area (Å²) in [6.07, 6.45) is 1.44. The molecule has 138 valence electrons. The molecule has 3 aromatic rings. The molecule has 0 radical (unpaired) electrons. The third-order valence-corrected chi connectivity index (χ3v) is 6.05. The Kier molecular flexibility index (Phi) is 5.19. The van der Waals surface area contributed by atoms with Gasteiger partial charge in [-0.25, -0.2) is 0 Å². The second-order valence-corrected chi connectivity index (χ2v) is 7.97. The molecule has 0 saturated heterocycles. The Morgan fingerprint density at radius 3 is 2.59 bits per heavy atom. The molecule has 4 rings (SSSR count). The smallest absolute Gasteiger partial charge is 0.225 e. The first-order valence-electron chi connectivity index (χ1n) is 9.05. The fourth-order valence-corrected chi connectivity index (χ4v) is 4.64. The summed E-state index contributed by atoms with van der Waals surface area (Å²) in [6.45, 7) is 2.80. The maximum absolute atomic E-state index is 12.4. The lowest BCUT2D eigenvalue weighted by Gasteiger charge is -2.24. The number of ether oxygens (including phenoxy) is 1. The zero-order valence-corrected chi connectivity index (χ0v) is 16.6. The lowest BCUT2D eigenvalue weighted by molar-refractivity contribution is -0.116. The van der Waals surface area contributed by atoms with Crippen LogP contribution in [0.2, 0.25) is 5.02 Å². The number of halogens is 1. The topological polar surface area (TPSA) is 38.3 Å². The molecular formula is C22H20ClNO2S. The Morgan fingerprint density at radius 2 is 1.89 bits per heavy atom. The van der Waals surface area contributed by atoms with Gasteiger partial charge in [0.15, 0.2) is 0 Å². The second kappa shape index (κ2) is 7.75. The van der Waals surface area contributed by atoms with Crippen molar-refractivity contribution in [2.75, 3.05) is 11.9 Å². The summed E-state index contributed by atoms with van der Waals surface area (Å²) in [5.74, 6) is 0.988. The molecule has 0 aliphatic carbocycles. The standard InChI is InChI=1S/C22H20ClNO2S/c1-2-11-26-17-9-5-14(6-10-17)18-12-20(25)24-21-19(13-27-22(18)21)15-3-7-16(23)8-4-15/h3-10,13,18H,2,11-12H2,1H3,(H,24,25)/t18-/m0/s1. The zero-order valence-electron chi connectivity index (χ0n) is 15.0. The van der Waals surface area contributed by atoms with E-state index in [0.29, 0.717) is 18.1 Å². The van der Waals surface area contributed by atoms with Crippen molar-refractivity contribution in [2.45, 2.75) is 25.7 Å². The van der Waals surface area contributed by atoms with E-state index >= 15 is 0 Å². The average molecular weight is 398 g/mol. The minimum absolute atomic E-state index is 0.0485. The van der Waals surface area contributed by atoms with Crippen LogP contribution in [0.15, 0.2) is 53.9 Å². The number of anilines is 1. The molecule has 2 aromatic carbocycles. The maximum atomic E-state index is 12.4. The number of rotatable bonds is 5. The number of hydrogen-bond acceptors (Lipinski definition) is 3. The lowest BCUT2D eigenvalue weighted by Crippen LogP contribution is -2.22. The third-order valence-electron chi connectivity index (χ3n) is 4.70. The minimum atomic E-state index is 0.0485. The van der Waals surface area contributed by atoms with Crippen LogP contribution in [0, 0.1) is 0 Å². The number of benzene rings is 2. The van der Waals surface area contributed by atoms with Gasteiger partial charge in [-0.05, 0) is 41.8 Å². The Balaban J connectivity index is 1.67. The number of carbonyl (C=O) groups excluding carboxylic acids is 1. The summed E-state index contributed by atoms with van der Waals surface area (Å²) in [5, 5.41) is 5.89. The van der Waals surface area contributed by atoms with Crippen molar-refractivity contribution in [3.63, 3.8) is 0 Å². The van der Waals surface area contributed by atoms with Gasteiger partial charge >= 0.3 is 0 Å². The van der Waals surface area contributed by atoms with Crippen LogP contribution < -0.4 is 10.1 Å². The predicted octanol–water partition coefficient (Wildman–Crippen LogP) is 6.33. The van der Waals surface area contributed by atoms with E-state index < -0.39 is 0 Å². The number of amides is 1. The average Bonchev–Trinajstić information content (AvgIpc) is 3.10. The van der Waals surface area contributed by atoms with Gasteiger partial charge in [0.2, 0.25) is 5.91 Å². The van der Waals surface area contributed by atoms with E-state index in [-0.39, 0.29) is 11.8 Å². The summed E-state index contributed by atoms with van der Waals surface area (Å²) in [7, 11) is 0. The van der Waals surface area contributed by atoms with Crippen LogP contribution in [-0.2, 0) is 4.79 Å². The van der Waals surface area contributed by atoms with Gasteiger partial charge < -0.3 is 10.1 Å². The van der Waals surface area contributed by atoms with Crippen LogP contribution in [0.5, 0.6) is 5.75 Å². The van der Waals surface area contributed by atoms with E-state index in [9.17, 15) is 4.79 Å². The van der Waals surface area contributed by atoms with Gasteiger partial charge in [-0.1, -0.05) is 42.8 Å². The summed E-state index contributed by atoms with van der Waals surface area (Å²) >= 11 is 7.71. The zero-order chi connectivity index (χ0) is 18.8. The van der Waals surface area contributed by atoms with E-state index in [0.717, 1.165) is 34.5 Å². The number of carbonyl (C=O) groups is 1. The van der Waals surface area contributed by atoms with Crippen LogP contribution in [0.3, 0.4) is 0 Å². The molecule has 3 nitrogen and oxygen atoms in total. The van der Waals surface area contributed by atoms with E-state index in [1.54, 1.807) is 11.3 Å². The van der Waals surface area contributed by atoms with Crippen molar-refractivity contribution in [3.05, 3.63) is 69.4 Å². The molecule has 2 heterocycles. The van der Waals surface area contributed by atoms with Gasteiger partial charge in [-0.2, -0.15) is 0 Å². The molecule has 1 aliphatic rings. The molecule has 1 atom stereocenters. The van der Waals surface area contributed by atoms with Gasteiger partial charge in [0.05, 0.1) is 12.3 Å². The van der Waals surface area contributed by atoms with Gasteiger partial charge in [0.25, 0.3) is 0 Å².